The van der Waals surface area contributed by atoms with Gasteiger partial charge >= 0.3 is 11.8 Å². The molecule has 2 aliphatic rings. The first-order valence-corrected chi connectivity index (χ1v) is 12.8. The number of aryl methyl sites for hydroxylation is 1. The zero-order valence-corrected chi connectivity index (χ0v) is 20.8. The number of hydrogen-bond acceptors (Lipinski definition) is 7. The van der Waals surface area contributed by atoms with E-state index in [1.54, 1.807) is 10.6 Å². The highest BCUT2D eigenvalue weighted by Gasteiger charge is 2.28. The van der Waals surface area contributed by atoms with Crippen molar-refractivity contribution in [3.8, 4) is 11.8 Å². The van der Waals surface area contributed by atoms with Gasteiger partial charge in [0.25, 0.3) is 0 Å². The van der Waals surface area contributed by atoms with Gasteiger partial charge in [0.15, 0.2) is 0 Å². The first kappa shape index (κ1) is 24.2. The van der Waals surface area contributed by atoms with Gasteiger partial charge in [0.05, 0.1) is 0 Å². The van der Waals surface area contributed by atoms with Crippen LogP contribution in [0.2, 0.25) is 0 Å². The molecule has 9 nitrogen and oxygen atoms in total. The normalized spacial score (nSPS) is 17.7. The predicted octanol–water partition coefficient (Wildman–Crippen LogP) is 4.64. The lowest BCUT2D eigenvalue weighted by molar-refractivity contribution is -0.389. The Morgan fingerprint density at radius 1 is 1.00 bits per heavy atom. The molecule has 1 fully saturated rings. The quantitative estimate of drug-likeness (QED) is 0.261. The number of nitro groups is 1. The SMILES string of the molecule is O=[N+]([O-])c1cn2c(n1)OC(COc1ccc(N3CCN(Cc4ccc(F)c5ccccc45)CC3)cc1)CC2. The zero-order valence-electron chi connectivity index (χ0n) is 20.8. The number of benzene rings is 3. The van der Waals surface area contributed by atoms with Gasteiger partial charge in [-0.25, -0.2) is 4.39 Å². The molecule has 0 bridgehead atoms. The third kappa shape index (κ3) is 4.99. The molecule has 0 amide bonds. The van der Waals surface area contributed by atoms with Crippen LogP contribution in [0.4, 0.5) is 15.9 Å². The molecule has 3 heterocycles. The summed E-state index contributed by atoms with van der Waals surface area (Å²) in [7, 11) is 0. The van der Waals surface area contributed by atoms with Crippen molar-refractivity contribution in [3.05, 3.63) is 88.4 Å². The molecule has 0 aliphatic carbocycles. The lowest BCUT2D eigenvalue weighted by atomic mass is 10.0. The van der Waals surface area contributed by atoms with Crippen molar-refractivity contribution >= 4 is 22.3 Å². The van der Waals surface area contributed by atoms with Crippen LogP contribution < -0.4 is 14.4 Å². The lowest BCUT2D eigenvalue weighted by Gasteiger charge is -2.36. The summed E-state index contributed by atoms with van der Waals surface area (Å²) in [5.74, 6) is 0.368. The van der Waals surface area contributed by atoms with Gasteiger partial charge in [-0.15, -0.1) is 0 Å². The summed E-state index contributed by atoms with van der Waals surface area (Å²) >= 11 is 0. The van der Waals surface area contributed by atoms with Crippen LogP contribution in [0.15, 0.2) is 66.9 Å². The van der Waals surface area contributed by atoms with Crippen LogP contribution in [0, 0.1) is 15.9 Å². The Kier molecular flexibility index (Phi) is 6.55. The van der Waals surface area contributed by atoms with E-state index in [1.807, 2.05) is 42.5 Å². The summed E-state index contributed by atoms with van der Waals surface area (Å²) < 4.78 is 27.5. The molecular weight excluding hydrogens is 489 g/mol. The van der Waals surface area contributed by atoms with E-state index in [0.717, 1.165) is 55.1 Å². The Morgan fingerprint density at radius 2 is 1.76 bits per heavy atom. The monoisotopic (exact) mass is 517 g/mol. The predicted molar refractivity (Wildman–Crippen MR) is 141 cm³/mol. The minimum Gasteiger partial charge on any atom is -0.490 e. The average molecular weight is 518 g/mol. The first-order chi connectivity index (χ1) is 18.5. The van der Waals surface area contributed by atoms with E-state index in [-0.39, 0.29) is 23.7 Å². The number of hydrogen-bond donors (Lipinski definition) is 0. The van der Waals surface area contributed by atoms with Gasteiger partial charge in [0, 0.05) is 61.7 Å². The number of nitrogens with zero attached hydrogens (tertiary/aromatic N) is 5. The number of fused-ring (bicyclic) bond motifs is 2. The van der Waals surface area contributed by atoms with Crippen molar-refractivity contribution in [1.29, 1.82) is 0 Å². The van der Waals surface area contributed by atoms with Crippen LogP contribution in [0.5, 0.6) is 11.8 Å². The van der Waals surface area contributed by atoms with Crippen LogP contribution in [-0.2, 0) is 13.1 Å². The summed E-state index contributed by atoms with van der Waals surface area (Å²) in [6, 6.07) is 19.5. The maximum Gasteiger partial charge on any atom is 0.414 e. The molecule has 1 atom stereocenters. The fraction of sp³-hybridized carbons (Fsp3) is 0.321. The van der Waals surface area contributed by atoms with E-state index in [4.69, 9.17) is 9.47 Å². The Balaban J connectivity index is 1.00. The van der Waals surface area contributed by atoms with Gasteiger partial charge in [-0.3, -0.25) is 9.47 Å². The van der Waals surface area contributed by atoms with Gasteiger partial charge in [-0.05, 0) is 46.2 Å². The van der Waals surface area contributed by atoms with Crippen LogP contribution in [0.25, 0.3) is 10.8 Å². The highest BCUT2D eigenvalue weighted by molar-refractivity contribution is 5.86. The molecule has 6 rings (SSSR count). The van der Waals surface area contributed by atoms with Crippen molar-refractivity contribution in [3.63, 3.8) is 0 Å². The second-order valence-corrected chi connectivity index (χ2v) is 9.68. The smallest absolute Gasteiger partial charge is 0.414 e. The Bertz CT molecular complexity index is 1450. The third-order valence-corrected chi connectivity index (χ3v) is 7.24. The highest BCUT2D eigenvalue weighted by Crippen LogP contribution is 2.27. The molecule has 1 saturated heterocycles. The summed E-state index contributed by atoms with van der Waals surface area (Å²) in [4.78, 5) is 19.1. The van der Waals surface area contributed by atoms with E-state index < -0.39 is 4.92 Å². The van der Waals surface area contributed by atoms with Crippen LogP contribution in [0.1, 0.15) is 12.0 Å². The van der Waals surface area contributed by atoms with Crippen LogP contribution in [-0.4, -0.2) is 58.3 Å². The van der Waals surface area contributed by atoms with Crippen molar-refractivity contribution in [2.45, 2.75) is 25.6 Å². The number of ether oxygens (including phenoxy) is 2. The Labute approximate surface area is 219 Å². The molecular formula is C28H28FN5O4. The molecule has 0 N–H and O–H groups in total. The van der Waals surface area contributed by atoms with Crippen molar-refractivity contribution < 1.29 is 18.8 Å². The topological polar surface area (TPSA) is 85.9 Å². The first-order valence-electron chi connectivity index (χ1n) is 12.8. The number of rotatable bonds is 7. The van der Waals surface area contributed by atoms with Gasteiger partial charge < -0.3 is 24.5 Å². The summed E-state index contributed by atoms with van der Waals surface area (Å²) in [6.45, 7) is 5.43. The average Bonchev–Trinajstić information content (AvgIpc) is 3.38. The van der Waals surface area contributed by atoms with E-state index in [1.165, 1.54) is 6.20 Å². The van der Waals surface area contributed by atoms with Crippen LogP contribution >= 0.6 is 0 Å². The molecule has 0 saturated carbocycles. The van der Waals surface area contributed by atoms with Crippen molar-refractivity contribution in [2.24, 2.45) is 0 Å². The van der Waals surface area contributed by atoms with E-state index in [9.17, 15) is 14.5 Å². The van der Waals surface area contributed by atoms with E-state index in [0.29, 0.717) is 25.0 Å². The molecule has 10 heteroatoms. The van der Waals surface area contributed by atoms with Gasteiger partial charge in [-0.1, -0.05) is 30.3 Å². The minimum atomic E-state index is -0.519. The second kappa shape index (κ2) is 10.3. The summed E-state index contributed by atoms with van der Waals surface area (Å²) in [6.07, 6.45) is 1.88. The molecule has 38 heavy (non-hydrogen) atoms. The number of piperazine rings is 1. The fourth-order valence-electron chi connectivity index (χ4n) is 5.15. The Morgan fingerprint density at radius 3 is 2.53 bits per heavy atom. The molecule has 1 unspecified atom stereocenters. The molecule has 0 spiro atoms. The number of anilines is 1. The molecule has 3 aromatic carbocycles. The fourth-order valence-corrected chi connectivity index (χ4v) is 5.15. The van der Waals surface area contributed by atoms with E-state index in [2.05, 4.69) is 26.9 Å². The maximum atomic E-state index is 14.2. The van der Waals surface area contributed by atoms with Crippen LogP contribution in [0.3, 0.4) is 0 Å². The molecule has 4 aromatic rings. The summed E-state index contributed by atoms with van der Waals surface area (Å²) in [5, 5.41) is 12.6. The second-order valence-electron chi connectivity index (χ2n) is 9.68. The number of halogens is 1. The maximum absolute atomic E-state index is 14.2. The minimum absolute atomic E-state index is 0.175. The van der Waals surface area contributed by atoms with E-state index >= 15 is 0 Å². The van der Waals surface area contributed by atoms with Gasteiger partial charge in [0.1, 0.15) is 30.5 Å². The standard InChI is InChI=1S/C28H28FN5O4/c29-26-10-5-20(24-3-1-2-4-25(24)26)17-31-13-15-32(16-14-31)21-6-8-22(9-7-21)37-19-23-11-12-33-18-27(34(35)36)30-28(33)38-23/h1-10,18,23H,11-17,19H2. The highest BCUT2D eigenvalue weighted by atomic mass is 19.1. The van der Waals surface area contributed by atoms with Gasteiger partial charge in [0.2, 0.25) is 0 Å². The summed E-state index contributed by atoms with van der Waals surface area (Å²) in [5.41, 5.74) is 2.30. The largest absolute Gasteiger partial charge is 0.490 e. The van der Waals surface area contributed by atoms with Crippen molar-refractivity contribution in [1.82, 2.24) is 14.5 Å². The third-order valence-electron chi connectivity index (χ3n) is 7.24. The number of imidazole rings is 1. The molecule has 196 valence electrons. The molecule has 0 radical (unpaired) electrons. The zero-order chi connectivity index (χ0) is 26.1. The lowest BCUT2D eigenvalue weighted by Crippen LogP contribution is -2.46. The molecule has 2 aliphatic heterocycles. The van der Waals surface area contributed by atoms with Crippen molar-refractivity contribution in [2.75, 3.05) is 37.7 Å². The van der Waals surface area contributed by atoms with Gasteiger partial charge in [-0.2, -0.15) is 0 Å². The molecule has 1 aromatic heterocycles. The number of aromatic nitrogens is 2. The Hall–Kier alpha value is -4.18.